The summed E-state index contributed by atoms with van der Waals surface area (Å²) in [6.45, 7) is 1.05. The van der Waals surface area contributed by atoms with E-state index >= 15 is 0 Å². The minimum Gasteiger partial charge on any atom is -0.395 e. The predicted octanol–water partition coefficient (Wildman–Crippen LogP) is 0.207. The van der Waals surface area contributed by atoms with Gasteiger partial charge in [0.25, 0.3) is 5.91 Å². The van der Waals surface area contributed by atoms with Gasteiger partial charge in [-0.15, -0.1) is 0 Å². The molecule has 1 aliphatic carbocycles. The molecule has 0 aromatic carbocycles. The number of H-pyrrole nitrogens is 1. The lowest BCUT2D eigenvalue weighted by molar-refractivity contribution is -0.123. The molecule has 0 bridgehead atoms. The number of nitrogens with two attached hydrogens (primary N) is 2. The van der Waals surface area contributed by atoms with Crippen molar-refractivity contribution in [2.75, 3.05) is 18.8 Å². The molecule has 108 valence electrons. The van der Waals surface area contributed by atoms with Gasteiger partial charge in [0.1, 0.15) is 0 Å². The highest BCUT2D eigenvalue weighted by molar-refractivity contribution is 5.98. The average Bonchev–Trinajstić information content (AvgIpc) is 3.21. The molecule has 2 fully saturated rings. The fraction of sp³-hybridized carbons (Fsp3) is 0.615. The maximum atomic E-state index is 12.4. The molecule has 1 aliphatic heterocycles. The molecule has 0 spiro atoms. The number of piperidine rings is 1. The minimum absolute atomic E-state index is 0.127. The molecule has 20 heavy (non-hydrogen) atoms. The fourth-order valence-electron chi connectivity index (χ4n) is 2.73. The van der Waals surface area contributed by atoms with Crippen LogP contribution in [-0.2, 0) is 4.79 Å². The van der Waals surface area contributed by atoms with E-state index in [-0.39, 0.29) is 17.7 Å². The van der Waals surface area contributed by atoms with Gasteiger partial charge in [0, 0.05) is 24.9 Å². The van der Waals surface area contributed by atoms with E-state index in [1.165, 1.54) is 0 Å². The second-order valence-electron chi connectivity index (χ2n) is 5.64. The lowest BCUT2D eigenvalue weighted by atomic mass is 9.96. The van der Waals surface area contributed by atoms with E-state index in [1.54, 1.807) is 4.90 Å². The van der Waals surface area contributed by atoms with E-state index < -0.39 is 0 Å². The molecule has 2 heterocycles. The number of amides is 2. The number of likely N-dealkylation sites (tertiary alicyclic amines) is 1. The van der Waals surface area contributed by atoms with E-state index in [0.29, 0.717) is 43.2 Å². The Morgan fingerprint density at radius 3 is 2.40 bits per heavy atom. The third-order valence-electron chi connectivity index (χ3n) is 4.21. The molecular weight excluding hydrogens is 258 g/mol. The topological polar surface area (TPSA) is 118 Å². The van der Waals surface area contributed by atoms with Gasteiger partial charge < -0.3 is 16.4 Å². The first-order valence-corrected chi connectivity index (χ1v) is 7.00. The van der Waals surface area contributed by atoms with E-state index in [2.05, 4.69) is 10.2 Å². The second kappa shape index (κ2) is 4.81. The van der Waals surface area contributed by atoms with E-state index in [9.17, 15) is 9.59 Å². The van der Waals surface area contributed by atoms with Crippen molar-refractivity contribution in [1.29, 1.82) is 0 Å². The van der Waals surface area contributed by atoms with Gasteiger partial charge in [0.15, 0.2) is 5.69 Å². The van der Waals surface area contributed by atoms with Gasteiger partial charge in [-0.3, -0.25) is 14.7 Å². The van der Waals surface area contributed by atoms with E-state index in [1.807, 2.05) is 0 Å². The van der Waals surface area contributed by atoms with Crippen molar-refractivity contribution in [3.05, 3.63) is 11.4 Å². The standard InChI is InChI=1S/C13H19N5O2/c14-9-10(7-1-2-7)16-17-11(9)13(20)18-5-3-8(4-6-18)12(15)19/h7-8H,1-6,14H2,(H2,15,19)(H,16,17). The Kier molecular flexibility index (Phi) is 3.11. The van der Waals surface area contributed by atoms with Gasteiger partial charge in [-0.1, -0.05) is 0 Å². The summed E-state index contributed by atoms with van der Waals surface area (Å²) >= 11 is 0. The smallest absolute Gasteiger partial charge is 0.276 e. The highest BCUT2D eigenvalue weighted by Crippen LogP contribution is 2.42. The number of nitrogen functional groups attached to an aromatic ring is 1. The Bertz CT molecular complexity index is 541. The van der Waals surface area contributed by atoms with Gasteiger partial charge >= 0.3 is 0 Å². The summed E-state index contributed by atoms with van der Waals surface area (Å²) in [5.41, 5.74) is 13.0. The number of hydrogen-bond acceptors (Lipinski definition) is 4. The maximum absolute atomic E-state index is 12.4. The minimum atomic E-state index is -0.285. The van der Waals surface area contributed by atoms with Crippen LogP contribution in [-0.4, -0.2) is 40.0 Å². The molecule has 5 N–H and O–H groups in total. The monoisotopic (exact) mass is 277 g/mol. The highest BCUT2D eigenvalue weighted by atomic mass is 16.2. The first-order chi connectivity index (χ1) is 9.58. The van der Waals surface area contributed by atoms with Crippen LogP contribution in [0, 0.1) is 5.92 Å². The summed E-state index contributed by atoms with van der Waals surface area (Å²) in [7, 11) is 0. The van der Waals surface area contributed by atoms with Crippen LogP contribution in [0.2, 0.25) is 0 Å². The number of carbonyl (C=O) groups is 2. The maximum Gasteiger partial charge on any atom is 0.276 e. The number of rotatable bonds is 3. The van der Waals surface area contributed by atoms with Crippen LogP contribution in [0.3, 0.4) is 0 Å². The quantitative estimate of drug-likeness (QED) is 0.731. The van der Waals surface area contributed by atoms with Crippen LogP contribution in [0.15, 0.2) is 0 Å². The lowest BCUT2D eigenvalue weighted by Gasteiger charge is -2.30. The van der Waals surface area contributed by atoms with Crippen molar-refractivity contribution in [3.8, 4) is 0 Å². The van der Waals surface area contributed by atoms with Crippen LogP contribution in [0.5, 0.6) is 0 Å². The van der Waals surface area contributed by atoms with Crippen LogP contribution in [0.25, 0.3) is 0 Å². The van der Waals surface area contributed by atoms with Crippen LogP contribution >= 0.6 is 0 Å². The summed E-state index contributed by atoms with van der Waals surface area (Å²) < 4.78 is 0. The largest absolute Gasteiger partial charge is 0.395 e. The third kappa shape index (κ3) is 2.23. The molecule has 3 rings (SSSR count). The number of primary amides is 1. The zero-order chi connectivity index (χ0) is 14.3. The fourth-order valence-corrected chi connectivity index (χ4v) is 2.73. The summed E-state index contributed by atoms with van der Waals surface area (Å²) in [6.07, 6.45) is 3.43. The SMILES string of the molecule is NC(=O)C1CCN(C(=O)c2n[nH]c(C3CC3)c2N)CC1. The lowest BCUT2D eigenvalue weighted by Crippen LogP contribution is -2.42. The Balaban J connectivity index is 1.69. The zero-order valence-corrected chi connectivity index (χ0v) is 11.3. The molecular formula is C13H19N5O2. The number of carbonyl (C=O) groups excluding carboxylic acids is 2. The Labute approximate surface area is 116 Å². The summed E-state index contributed by atoms with van der Waals surface area (Å²) in [5.74, 6) is -0.136. The van der Waals surface area contributed by atoms with Gasteiger partial charge in [0.05, 0.1) is 11.4 Å². The zero-order valence-electron chi connectivity index (χ0n) is 11.3. The number of anilines is 1. The van der Waals surface area contributed by atoms with Gasteiger partial charge in [-0.2, -0.15) is 5.10 Å². The van der Waals surface area contributed by atoms with Crippen molar-refractivity contribution >= 4 is 17.5 Å². The predicted molar refractivity (Wildman–Crippen MR) is 72.8 cm³/mol. The molecule has 1 aromatic rings. The van der Waals surface area contributed by atoms with Gasteiger partial charge in [0.2, 0.25) is 5.91 Å². The van der Waals surface area contributed by atoms with Crippen molar-refractivity contribution < 1.29 is 9.59 Å². The van der Waals surface area contributed by atoms with Crippen molar-refractivity contribution in [2.45, 2.75) is 31.6 Å². The molecule has 0 radical (unpaired) electrons. The van der Waals surface area contributed by atoms with Crippen LogP contribution < -0.4 is 11.5 Å². The third-order valence-corrected chi connectivity index (χ3v) is 4.21. The molecule has 0 unspecified atom stereocenters. The van der Waals surface area contributed by atoms with Crippen LogP contribution in [0.4, 0.5) is 5.69 Å². The molecule has 7 heteroatoms. The Morgan fingerprint density at radius 2 is 1.85 bits per heavy atom. The Hall–Kier alpha value is -2.05. The molecule has 0 atom stereocenters. The number of aromatic amines is 1. The second-order valence-corrected chi connectivity index (χ2v) is 5.64. The summed E-state index contributed by atoms with van der Waals surface area (Å²) in [5, 5.41) is 6.96. The number of hydrogen-bond donors (Lipinski definition) is 3. The number of nitrogens with zero attached hydrogens (tertiary/aromatic N) is 2. The first-order valence-electron chi connectivity index (χ1n) is 7.00. The van der Waals surface area contributed by atoms with Gasteiger partial charge in [-0.05, 0) is 25.7 Å². The molecule has 1 aromatic heterocycles. The molecule has 1 saturated carbocycles. The van der Waals surface area contributed by atoms with E-state index in [0.717, 1.165) is 18.5 Å². The first kappa shape index (κ1) is 13.0. The normalized spacial score (nSPS) is 20.1. The summed E-state index contributed by atoms with van der Waals surface area (Å²) in [4.78, 5) is 25.2. The van der Waals surface area contributed by atoms with Gasteiger partial charge in [-0.25, -0.2) is 0 Å². The average molecular weight is 277 g/mol. The molecule has 1 saturated heterocycles. The molecule has 2 amide bonds. The number of nitrogens with one attached hydrogen (secondary N) is 1. The molecule has 7 nitrogen and oxygen atoms in total. The highest BCUT2D eigenvalue weighted by Gasteiger charge is 2.33. The van der Waals surface area contributed by atoms with Crippen molar-refractivity contribution in [2.24, 2.45) is 11.7 Å². The number of aromatic nitrogens is 2. The van der Waals surface area contributed by atoms with Crippen molar-refractivity contribution in [1.82, 2.24) is 15.1 Å². The van der Waals surface area contributed by atoms with E-state index in [4.69, 9.17) is 11.5 Å². The molecule has 2 aliphatic rings. The van der Waals surface area contributed by atoms with Crippen molar-refractivity contribution in [3.63, 3.8) is 0 Å². The Morgan fingerprint density at radius 1 is 1.20 bits per heavy atom. The summed E-state index contributed by atoms with van der Waals surface area (Å²) in [6, 6.07) is 0. The van der Waals surface area contributed by atoms with Crippen LogP contribution in [0.1, 0.15) is 47.8 Å².